The van der Waals surface area contributed by atoms with Crippen LogP contribution in [0.15, 0.2) is 12.4 Å². The van der Waals surface area contributed by atoms with Gasteiger partial charge in [0.1, 0.15) is 0 Å². The van der Waals surface area contributed by atoms with Crippen LogP contribution in [-0.4, -0.2) is 23.1 Å². The van der Waals surface area contributed by atoms with E-state index < -0.39 is 0 Å². The van der Waals surface area contributed by atoms with E-state index >= 15 is 0 Å². The van der Waals surface area contributed by atoms with Crippen LogP contribution in [0.4, 0.5) is 5.95 Å². The zero-order chi connectivity index (χ0) is 8.55. The molecule has 1 saturated carbocycles. The summed E-state index contributed by atoms with van der Waals surface area (Å²) in [4.78, 5) is 10.6. The SMILES string of the molecule is CN(c1ncc(I)cn1)C1CC1. The molecule has 1 aromatic rings. The highest BCUT2D eigenvalue weighted by Crippen LogP contribution is 2.27. The van der Waals surface area contributed by atoms with Gasteiger partial charge in [-0.2, -0.15) is 0 Å². The Morgan fingerprint density at radius 3 is 2.50 bits per heavy atom. The molecule has 0 bridgehead atoms. The van der Waals surface area contributed by atoms with Crippen LogP contribution in [0.3, 0.4) is 0 Å². The first-order valence-electron chi connectivity index (χ1n) is 3.98. The second-order valence-corrected chi connectivity index (χ2v) is 4.29. The fraction of sp³-hybridized carbons (Fsp3) is 0.500. The Morgan fingerprint density at radius 1 is 1.42 bits per heavy atom. The summed E-state index contributed by atoms with van der Waals surface area (Å²) in [5.74, 6) is 0.845. The Morgan fingerprint density at radius 2 is 2.00 bits per heavy atom. The Balaban J connectivity index is 2.16. The molecule has 64 valence electrons. The minimum Gasteiger partial charge on any atom is -0.341 e. The molecule has 0 unspecified atom stereocenters. The molecule has 1 aliphatic rings. The van der Waals surface area contributed by atoms with E-state index in [1.165, 1.54) is 12.8 Å². The Labute approximate surface area is 85.3 Å². The molecule has 1 heterocycles. The third kappa shape index (κ3) is 1.68. The number of hydrogen-bond acceptors (Lipinski definition) is 3. The molecule has 0 aromatic carbocycles. The lowest BCUT2D eigenvalue weighted by molar-refractivity contribution is 0.859. The molecule has 1 aliphatic carbocycles. The average molecular weight is 275 g/mol. The highest BCUT2D eigenvalue weighted by molar-refractivity contribution is 14.1. The van der Waals surface area contributed by atoms with E-state index in [9.17, 15) is 0 Å². The van der Waals surface area contributed by atoms with Crippen LogP contribution in [0.25, 0.3) is 0 Å². The summed E-state index contributed by atoms with van der Waals surface area (Å²) >= 11 is 2.21. The summed E-state index contributed by atoms with van der Waals surface area (Å²) in [5, 5.41) is 0. The van der Waals surface area contributed by atoms with Crippen molar-refractivity contribution in [2.45, 2.75) is 18.9 Å². The maximum absolute atomic E-state index is 4.25. The molecule has 0 amide bonds. The van der Waals surface area contributed by atoms with Gasteiger partial charge in [0.2, 0.25) is 5.95 Å². The quantitative estimate of drug-likeness (QED) is 0.769. The Hall–Kier alpha value is -0.390. The fourth-order valence-corrected chi connectivity index (χ4v) is 1.39. The van der Waals surface area contributed by atoms with E-state index in [1.807, 2.05) is 12.4 Å². The maximum atomic E-state index is 4.25. The first-order valence-corrected chi connectivity index (χ1v) is 5.05. The monoisotopic (exact) mass is 275 g/mol. The van der Waals surface area contributed by atoms with E-state index in [2.05, 4.69) is 44.5 Å². The summed E-state index contributed by atoms with van der Waals surface area (Å²) in [7, 11) is 2.06. The number of anilines is 1. The number of aromatic nitrogens is 2. The number of halogens is 1. The highest BCUT2D eigenvalue weighted by Gasteiger charge is 2.27. The van der Waals surface area contributed by atoms with Crippen molar-refractivity contribution in [3.05, 3.63) is 16.0 Å². The third-order valence-corrected chi connectivity index (χ3v) is 2.57. The highest BCUT2D eigenvalue weighted by atomic mass is 127. The van der Waals surface area contributed by atoms with Crippen molar-refractivity contribution in [3.8, 4) is 0 Å². The van der Waals surface area contributed by atoms with E-state index in [0.717, 1.165) is 9.52 Å². The summed E-state index contributed by atoms with van der Waals surface area (Å²) in [5.41, 5.74) is 0. The van der Waals surface area contributed by atoms with Gasteiger partial charge < -0.3 is 4.90 Å². The molecule has 4 heteroatoms. The molecule has 0 spiro atoms. The summed E-state index contributed by atoms with van der Waals surface area (Å²) < 4.78 is 1.08. The molecule has 2 rings (SSSR count). The van der Waals surface area contributed by atoms with E-state index in [0.29, 0.717) is 6.04 Å². The number of hydrogen-bond donors (Lipinski definition) is 0. The molecule has 0 aliphatic heterocycles. The second kappa shape index (κ2) is 3.16. The maximum Gasteiger partial charge on any atom is 0.225 e. The zero-order valence-electron chi connectivity index (χ0n) is 6.87. The smallest absolute Gasteiger partial charge is 0.225 e. The first kappa shape index (κ1) is 8.22. The summed E-state index contributed by atoms with van der Waals surface area (Å²) in [6, 6.07) is 0.685. The van der Waals surface area contributed by atoms with Crippen molar-refractivity contribution < 1.29 is 0 Å². The number of rotatable bonds is 2. The molecule has 12 heavy (non-hydrogen) atoms. The molecule has 1 aromatic heterocycles. The molecule has 0 saturated heterocycles. The summed E-state index contributed by atoms with van der Waals surface area (Å²) in [6.45, 7) is 0. The van der Waals surface area contributed by atoms with Crippen molar-refractivity contribution in [3.63, 3.8) is 0 Å². The van der Waals surface area contributed by atoms with E-state index in [1.54, 1.807) is 0 Å². The minimum atomic E-state index is 0.685. The standard InChI is InChI=1S/C8H10IN3/c1-12(7-2-3-7)8-10-4-6(9)5-11-8/h4-5,7H,2-3H2,1H3. The first-order chi connectivity index (χ1) is 5.77. The molecular weight excluding hydrogens is 265 g/mol. The molecule has 0 N–H and O–H groups in total. The van der Waals surface area contributed by atoms with Gasteiger partial charge in [-0.25, -0.2) is 9.97 Å². The topological polar surface area (TPSA) is 29.0 Å². The van der Waals surface area contributed by atoms with Crippen LogP contribution in [0.1, 0.15) is 12.8 Å². The lowest BCUT2D eigenvalue weighted by Gasteiger charge is -2.14. The molecule has 0 radical (unpaired) electrons. The van der Waals surface area contributed by atoms with Crippen molar-refractivity contribution >= 4 is 28.5 Å². The van der Waals surface area contributed by atoms with Gasteiger partial charge in [-0.1, -0.05) is 0 Å². The number of nitrogens with zero attached hydrogens (tertiary/aromatic N) is 3. The van der Waals surface area contributed by atoms with Crippen LogP contribution < -0.4 is 4.90 Å². The van der Waals surface area contributed by atoms with Crippen molar-refractivity contribution in [2.75, 3.05) is 11.9 Å². The van der Waals surface area contributed by atoms with Crippen LogP contribution in [0.2, 0.25) is 0 Å². The summed E-state index contributed by atoms with van der Waals surface area (Å²) in [6.07, 6.45) is 6.27. The minimum absolute atomic E-state index is 0.685. The van der Waals surface area contributed by atoms with Crippen molar-refractivity contribution in [1.82, 2.24) is 9.97 Å². The van der Waals surface area contributed by atoms with Gasteiger partial charge in [-0.05, 0) is 35.4 Å². The predicted molar refractivity (Wildman–Crippen MR) is 56.2 cm³/mol. The normalized spacial score (nSPS) is 16.2. The Bertz CT molecular complexity index is 268. The van der Waals surface area contributed by atoms with Crippen molar-refractivity contribution in [1.29, 1.82) is 0 Å². The largest absolute Gasteiger partial charge is 0.341 e. The van der Waals surface area contributed by atoms with Crippen LogP contribution >= 0.6 is 22.6 Å². The average Bonchev–Trinajstić information content (AvgIpc) is 2.87. The fourth-order valence-electron chi connectivity index (χ4n) is 1.11. The Kier molecular flexibility index (Phi) is 2.16. The molecule has 0 atom stereocenters. The van der Waals surface area contributed by atoms with Crippen molar-refractivity contribution in [2.24, 2.45) is 0 Å². The van der Waals surface area contributed by atoms with Crippen LogP contribution in [0, 0.1) is 3.57 Å². The zero-order valence-corrected chi connectivity index (χ0v) is 9.02. The second-order valence-electron chi connectivity index (χ2n) is 3.04. The third-order valence-electron chi connectivity index (χ3n) is 2.02. The molecule has 3 nitrogen and oxygen atoms in total. The molecular formula is C8H10IN3. The van der Waals surface area contributed by atoms with Gasteiger partial charge >= 0.3 is 0 Å². The van der Waals surface area contributed by atoms with E-state index in [-0.39, 0.29) is 0 Å². The van der Waals surface area contributed by atoms with Gasteiger partial charge in [0.05, 0.1) is 0 Å². The van der Waals surface area contributed by atoms with Gasteiger partial charge in [-0.15, -0.1) is 0 Å². The predicted octanol–water partition coefficient (Wildman–Crippen LogP) is 1.68. The van der Waals surface area contributed by atoms with E-state index in [4.69, 9.17) is 0 Å². The van der Waals surface area contributed by atoms with Gasteiger partial charge in [0, 0.05) is 29.1 Å². The van der Waals surface area contributed by atoms with Crippen LogP contribution in [-0.2, 0) is 0 Å². The van der Waals surface area contributed by atoms with Gasteiger partial charge in [-0.3, -0.25) is 0 Å². The lowest BCUT2D eigenvalue weighted by Crippen LogP contribution is -2.21. The van der Waals surface area contributed by atoms with Crippen LogP contribution in [0.5, 0.6) is 0 Å². The van der Waals surface area contributed by atoms with Gasteiger partial charge in [0.15, 0.2) is 0 Å². The molecule has 1 fully saturated rings. The van der Waals surface area contributed by atoms with Gasteiger partial charge in [0.25, 0.3) is 0 Å². The lowest BCUT2D eigenvalue weighted by atomic mass is 10.6.